The number of benzene rings is 3. The molecule has 1 amide bonds. The van der Waals surface area contributed by atoms with Gasteiger partial charge in [-0.1, -0.05) is 17.7 Å². The van der Waals surface area contributed by atoms with Gasteiger partial charge in [-0.05, 0) is 67.1 Å². The van der Waals surface area contributed by atoms with E-state index in [1.165, 1.54) is 32.4 Å². The molecule has 2 N–H and O–H groups in total. The zero-order chi connectivity index (χ0) is 24.0. The molecular weight excluding hydrogens is 468 g/mol. The molecule has 33 heavy (non-hydrogen) atoms. The Morgan fingerprint density at radius 1 is 0.939 bits per heavy atom. The van der Waals surface area contributed by atoms with Gasteiger partial charge in [-0.2, -0.15) is 0 Å². The summed E-state index contributed by atoms with van der Waals surface area (Å²) >= 11 is 6.20. The van der Waals surface area contributed by atoms with Gasteiger partial charge in [0.2, 0.25) is 0 Å². The van der Waals surface area contributed by atoms with Crippen LogP contribution in [0.25, 0.3) is 0 Å². The summed E-state index contributed by atoms with van der Waals surface area (Å²) in [6.45, 7) is 1.57. The molecule has 8 nitrogen and oxygen atoms in total. The fourth-order valence-electron chi connectivity index (χ4n) is 2.89. The first kappa shape index (κ1) is 24.2. The Labute approximate surface area is 197 Å². The number of aryl methyl sites for hydroxylation is 1. The highest BCUT2D eigenvalue weighted by Crippen LogP contribution is 2.29. The van der Waals surface area contributed by atoms with Crippen molar-refractivity contribution in [3.05, 3.63) is 71.2 Å². The van der Waals surface area contributed by atoms with E-state index in [0.717, 1.165) is 5.56 Å². The number of hydrogen-bond acceptors (Lipinski definition) is 6. The molecule has 0 bridgehead atoms. The van der Waals surface area contributed by atoms with E-state index in [2.05, 4.69) is 10.0 Å². The van der Waals surface area contributed by atoms with Gasteiger partial charge < -0.3 is 19.5 Å². The van der Waals surface area contributed by atoms with Crippen LogP contribution in [0.5, 0.6) is 17.2 Å². The van der Waals surface area contributed by atoms with Crippen LogP contribution >= 0.6 is 11.6 Å². The lowest BCUT2D eigenvalue weighted by Crippen LogP contribution is -2.20. The fraction of sp³-hybridized carbons (Fsp3) is 0.174. The molecule has 0 spiro atoms. The van der Waals surface area contributed by atoms with Crippen molar-refractivity contribution in [1.29, 1.82) is 0 Å². The third-order valence-electron chi connectivity index (χ3n) is 4.54. The highest BCUT2D eigenvalue weighted by Gasteiger charge is 2.17. The first-order valence-corrected chi connectivity index (χ1v) is 11.6. The summed E-state index contributed by atoms with van der Waals surface area (Å²) in [6.07, 6.45) is 0. The van der Waals surface area contributed by atoms with Crippen molar-refractivity contribution in [3.8, 4) is 17.2 Å². The number of methoxy groups -OCH3 is 2. The predicted molar refractivity (Wildman–Crippen MR) is 127 cm³/mol. The highest BCUT2D eigenvalue weighted by molar-refractivity contribution is 7.92. The largest absolute Gasteiger partial charge is 0.497 e. The average Bonchev–Trinajstić information content (AvgIpc) is 2.78. The van der Waals surface area contributed by atoms with Gasteiger partial charge in [0, 0.05) is 5.69 Å². The molecule has 0 aliphatic carbocycles. The average molecular weight is 491 g/mol. The quantitative estimate of drug-likeness (QED) is 0.458. The maximum atomic E-state index is 12.7. The maximum Gasteiger partial charge on any atom is 0.262 e. The van der Waals surface area contributed by atoms with Crippen molar-refractivity contribution in [2.24, 2.45) is 0 Å². The molecule has 0 saturated heterocycles. The normalized spacial score (nSPS) is 10.9. The lowest BCUT2D eigenvalue weighted by Gasteiger charge is -2.13. The van der Waals surface area contributed by atoms with Gasteiger partial charge in [-0.15, -0.1) is 0 Å². The van der Waals surface area contributed by atoms with Crippen LogP contribution in [0.2, 0.25) is 5.02 Å². The Kier molecular flexibility index (Phi) is 7.67. The van der Waals surface area contributed by atoms with Crippen molar-refractivity contribution in [3.63, 3.8) is 0 Å². The van der Waals surface area contributed by atoms with Crippen LogP contribution in [0.3, 0.4) is 0 Å². The first-order chi connectivity index (χ1) is 15.7. The Morgan fingerprint density at radius 2 is 1.64 bits per heavy atom. The molecule has 0 aliphatic rings. The summed E-state index contributed by atoms with van der Waals surface area (Å²) in [6, 6.07) is 15.8. The van der Waals surface area contributed by atoms with E-state index in [9.17, 15) is 13.2 Å². The number of carbonyl (C=O) groups is 1. The van der Waals surface area contributed by atoms with Crippen molar-refractivity contribution >= 4 is 38.9 Å². The number of anilines is 2. The number of amides is 1. The van der Waals surface area contributed by atoms with Gasteiger partial charge in [0.05, 0.1) is 29.8 Å². The number of ether oxygens (including phenoxy) is 3. The van der Waals surface area contributed by atoms with Gasteiger partial charge in [-0.3, -0.25) is 9.52 Å². The van der Waals surface area contributed by atoms with Gasteiger partial charge in [-0.25, -0.2) is 8.42 Å². The number of rotatable bonds is 9. The molecule has 0 fully saturated rings. The highest BCUT2D eigenvalue weighted by atomic mass is 35.5. The molecule has 0 unspecified atom stereocenters. The van der Waals surface area contributed by atoms with Crippen LogP contribution in [0.15, 0.2) is 65.6 Å². The molecule has 10 heteroatoms. The summed E-state index contributed by atoms with van der Waals surface area (Å²) in [5.41, 5.74) is 1.84. The molecular formula is C23H23ClN2O6S. The van der Waals surface area contributed by atoms with Gasteiger partial charge in [0.1, 0.15) is 17.2 Å². The van der Waals surface area contributed by atoms with Crippen LogP contribution in [0.1, 0.15) is 5.56 Å². The third-order valence-corrected chi connectivity index (χ3v) is 6.22. The number of hydrogen-bond donors (Lipinski definition) is 2. The summed E-state index contributed by atoms with van der Waals surface area (Å²) in [4.78, 5) is 12.3. The van der Waals surface area contributed by atoms with E-state index in [1.54, 1.807) is 36.4 Å². The zero-order valence-electron chi connectivity index (χ0n) is 18.2. The number of carbonyl (C=O) groups excluding carboxylic acids is 1. The van der Waals surface area contributed by atoms with Crippen molar-refractivity contribution in [1.82, 2.24) is 0 Å². The third kappa shape index (κ3) is 6.30. The molecule has 0 saturated carbocycles. The second kappa shape index (κ2) is 10.5. The van der Waals surface area contributed by atoms with E-state index in [1.807, 2.05) is 13.0 Å². The minimum Gasteiger partial charge on any atom is -0.497 e. The molecule has 3 rings (SSSR count). The van der Waals surface area contributed by atoms with Crippen molar-refractivity contribution in [2.45, 2.75) is 11.8 Å². The lowest BCUT2D eigenvalue weighted by molar-refractivity contribution is -0.118. The smallest absolute Gasteiger partial charge is 0.262 e. The monoisotopic (exact) mass is 490 g/mol. The number of halogens is 1. The Bertz CT molecular complexity index is 1250. The van der Waals surface area contributed by atoms with Crippen molar-refractivity contribution in [2.75, 3.05) is 30.9 Å². The van der Waals surface area contributed by atoms with Gasteiger partial charge in [0.25, 0.3) is 15.9 Å². The maximum absolute atomic E-state index is 12.7. The molecule has 0 aromatic heterocycles. The lowest BCUT2D eigenvalue weighted by atomic mass is 10.2. The minimum atomic E-state index is -3.88. The fourth-order valence-corrected chi connectivity index (χ4v) is 4.27. The molecule has 3 aromatic rings. The second-order valence-corrected chi connectivity index (χ2v) is 9.06. The standard InChI is InChI=1S/C23H23ClN2O6S/c1-15-4-10-22(31-3)20(12-15)25-23(27)14-32-21-11-9-18(13-19(21)24)33(28,29)26-16-5-7-17(30-2)8-6-16/h4-13,26H,14H2,1-3H3,(H,25,27). The predicted octanol–water partition coefficient (Wildman–Crippen LogP) is 4.48. The zero-order valence-corrected chi connectivity index (χ0v) is 19.8. The Balaban J connectivity index is 1.65. The van der Waals surface area contributed by atoms with Crippen LogP contribution in [0.4, 0.5) is 11.4 Å². The van der Waals surface area contributed by atoms with Crippen LogP contribution in [-0.4, -0.2) is 35.2 Å². The molecule has 174 valence electrons. The van der Waals surface area contributed by atoms with E-state index in [0.29, 0.717) is 22.9 Å². The molecule has 0 aliphatic heterocycles. The van der Waals surface area contributed by atoms with Crippen molar-refractivity contribution < 1.29 is 27.4 Å². The second-order valence-electron chi connectivity index (χ2n) is 6.97. The molecule has 0 heterocycles. The van der Waals surface area contributed by atoms with E-state index < -0.39 is 15.9 Å². The van der Waals surface area contributed by atoms with Crippen LogP contribution in [-0.2, 0) is 14.8 Å². The van der Waals surface area contributed by atoms with Crippen LogP contribution < -0.4 is 24.2 Å². The van der Waals surface area contributed by atoms with Crippen LogP contribution in [0, 0.1) is 6.92 Å². The van der Waals surface area contributed by atoms with E-state index in [-0.39, 0.29) is 22.3 Å². The minimum absolute atomic E-state index is 0.0496. The SMILES string of the molecule is COc1ccc(NS(=O)(=O)c2ccc(OCC(=O)Nc3cc(C)ccc3OC)c(Cl)c2)cc1. The molecule has 0 radical (unpaired) electrons. The van der Waals surface area contributed by atoms with E-state index >= 15 is 0 Å². The Morgan fingerprint density at radius 3 is 2.27 bits per heavy atom. The summed E-state index contributed by atoms with van der Waals surface area (Å²) in [5.74, 6) is 0.873. The molecule has 0 atom stereocenters. The summed E-state index contributed by atoms with van der Waals surface area (Å²) < 4.78 is 43.6. The topological polar surface area (TPSA) is 103 Å². The first-order valence-electron chi connectivity index (χ1n) is 9.75. The van der Waals surface area contributed by atoms with E-state index in [4.69, 9.17) is 25.8 Å². The molecule has 3 aromatic carbocycles. The summed E-state index contributed by atoms with van der Waals surface area (Å²) in [7, 11) is -0.849. The number of sulfonamides is 1. The number of nitrogens with one attached hydrogen (secondary N) is 2. The van der Waals surface area contributed by atoms with Gasteiger partial charge in [0.15, 0.2) is 6.61 Å². The Hall–Kier alpha value is -3.43. The van der Waals surface area contributed by atoms with Gasteiger partial charge >= 0.3 is 0 Å². The summed E-state index contributed by atoms with van der Waals surface area (Å²) in [5, 5.41) is 2.77.